The Morgan fingerprint density at radius 2 is 2.24 bits per heavy atom. The zero-order valence-electron chi connectivity index (χ0n) is 13.7. The molecular weight excluding hydrogens is 327 g/mol. The van der Waals surface area contributed by atoms with Gasteiger partial charge in [-0.3, -0.25) is 4.79 Å². The number of ether oxygens (including phenoxy) is 1. The van der Waals surface area contributed by atoms with Crippen molar-refractivity contribution in [1.82, 2.24) is 14.9 Å². The predicted molar refractivity (Wildman–Crippen MR) is 86.5 cm³/mol. The number of halogens is 1. The molecule has 25 heavy (non-hydrogen) atoms. The highest BCUT2D eigenvalue weighted by Crippen LogP contribution is 2.36. The van der Waals surface area contributed by atoms with E-state index in [9.17, 15) is 9.18 Å². The average molecular weight is 346 g/mol. The number of hydrogen-bond donors (Lipinski definition) is 1. The summed E-state index contributed by atoms with van der Waals surface area (Å²) < 4.78 is 24.0. The molecule has 0 unspecified atom stereocenters. The van der Waals surface area contributed by atoms with Crippen molar-refractivity contribution >= 4 is 11.9 Å². The first-order chi connectivity index (χ1) is 12.1. The summed E-state index contributed by atoms with van der Waals surface area (Å²) >= 11 is 0. The van der Waals surface area contributed by atoms with E-state index < -0.39 is 5.82 Å². The summed E-state index contributed by atoms with van der Waals surface area (Å²) in [5, 5.41) is 3.18. The summed E-state index contributed by atoms with van der Waals surface area (Å²) in [6.45, 7) is 1.78. The van der Waals surface area contributed by atoms with Crippen molar-refractivity contribution in [1.29, 1.82) is 0 Å². The van der Waals surface area contributed by atoms with Gasteiger partial charge in [-0.2, -0.15) is 0 Å². The first-order valence-electron chi connectivity index (χ1n) is 8.33. The van der Waals surface area contributed by atoms with Crippen molar-refractivity contribution < 1.29 is 18.3 Å². The third kappa shape index (κ3) is 3.34. The monoisotopic (exact) mass is 346 g/mol. The van der Waals surface area contributed by atoms with Gasteiger partial charge in [-0.15, -0.1) is 0 Å². The molecule has 2 saturated heterocycles. The van der Waals surface area contributed by atoms with E-state index in [1.54, 1.807) is 6.07 Å². The molecule has 7 nitrogen and oxygen atoms in total. The number of likely N-dealkylation sites (tertiary alicyclic amines) is 1. The van der Waals surface area contributed by atoms with Crippen molar-refractivity contribution in [3.8, 4) is 0 Å². The van der Waals surface area contributed by atoms with Crippen LogP contribution < -0.4 is 5.32 Å². The lowest BCUT2D eigenvalue weighted by Gasteiger charge is -2.39. The number of aromatic nitrogens is 2. The largest absolute Gasteiger partial charge is 0.472 e. The quantitative estimate of drug-likeness (QED) is 0.917. The van der Waals surface area contributed by atoms with Crippen LogP contribution in [0.4, 0.5) is 10.3 Å². The first-order valence-corrected chi connectivity index (χ1v) is 8.33. The molecular formula is C17H19FN4O3. The van der Waals surface area contributed by atoms with Crippen LogP contribution in [-0.2, 0) is 4.74 Å². The molecule has 0 aliphatic carbocycles. The lowest BCUT2D eigenvalue weighted by molar-refractivity contribution is -0.0447. The minimum absolute atomic E-state index is 0.0327. The van der Waals surface area contributed by atoms with E-state index >= 15 is 0 Å². The van der Waals surface area contributed by atoms with Gasteiger partial charge in [0.1, 0.15) is 6.26 Å². The van der Waals surface area contributed by atoms with Crippen molar-refractivity contribution in [3.63, 3.8) is 0 Å². The summed E-state index contributed by atoms with van der Waals surface area (Å²) in [6, 6.07) is 1.71. The molecule has 2 aliphatic heterocycles. The van der Waals surface area contributed by atoms with Crippen LogP contribution in [0.25, 0.3) is 0 Å². The normalized spacial score (nSPS) is 26.1. The zero-order valence-corrected chi connectivity index (χ0v) is 13.7. The van der Waals surface area contributed by atoms with Gasteiger partial charge in [-0.05, 0) is 18.9 Å². The Labute approximate surface area is 144 Å². The van der Waals surface area contributed by atoms with Crippen molar-refractivity contribution in [2.45, 2.75) is 30.9 Å². The number of furan rings is 1. The van der Waals surface area contributed by atoms with Gasteiger partial charge in [0.2, 0.25) is 5.95 Å². The number of nitrogens with one attached hydrogen (secondary N) is 1. The molecule has 2 aliphatic rings. The molecule has 2 aromatic heterocycles. The molecule has 1 spiro atoms. The van der Waals surface area contributed by atoms with Gasteiger partial charge in [0.25, 0.3) is 5.91 Å². The second-order valence-electron chi connectivity index (χ2n) is 6.61. The van der Waals surface area contributed by atoms with Crippen LogP contribution in [0, 0.1) is 5.82 Å². The van der Waals surface area contributed by atoms with Gasteiger partial charge >= 0.3 is 0 Å². The number of piperidine rings is 1. The number of amides is 1. The molecule has 4 heterocycles. The van der Waals surface area contributed by atoms with Crippen molar-refractivity contribution in [2.24, 2.45) is 0 Å². The number of carbonyl (C=O) groups is 1. The fraction of sp³-hybridized carbons (Fsp3) is 0.471. The van der Waals surface area contributed by atoms with Gasteiger partial charge in [-0.1, -0.05) is 0 Å². The van der Waals surface area contributed by atoms with E-state index in [2.05, 4.69) is 15.3 Å². The smallest absolute Gasteiger partial charge is 0.257 e. The molecule has 0 bridgehead atoms. The molecule has 2 fully saturated rings. The lowest BCUT2D eigenvalue weighted by atomic mass is 9.88. The molecule has 1 N–H and O–H groups in total. The molecule has 8 heteroatoms. The molecule has 0 radical (unpaired) electrons. The Morgan fingerprint density at radius 3 is 3.00 bits per heavy atom. The molecule has 2 aromatic rings. The standard InChI is InChI=1S/C17H19FN4O3/c18-13-7-19-16(20-8-13)21-14-6-17(25-10-14)3-1-4-22(11-17)15(23)12-2-5-24-9-12/h2,5,7-9,14H,1,3-4,6,10-11H2,(H,19,20,21)/t14-,17+/m0/s1. The predicted octanol–water partition coefficient (Wildman–Crippen LogP) is 2.08. The fourth-order valence-corrected chi connectivity index (χ4v) is 3.63. The minimum atomic E-state index is -0.467. The molecule has 132 valence electrons. The average Bonchev–Trinajstić information content (AvgIpc) is 3.27. The topological polar surface area (TPSA) is 80.5 Å². The second-order valence-corrected chi connectivity index (χ2v) is 6.61. The lowest BCUT2D eigenvalue weighted by Crippen LogP contribution is -2.50. The Kier molecular flexibility index (Phi) is 4.12. The Bertz CT molecular complexity index is 737. The van der Waals surface area contributed by atoms with Gasteiger partial charge in [0.05, 0.1) is 49.0 Å². The summed E-state index contributed by atoms with van der Waals surface area (Å²) in [5.74, 6) is -0.116. The van der Waals surface area contributed by atoms with E-state index in [1.165, 1.54) is 12.5 Å². The first kappa shape index (κ1) is 16.0. The van der Waals surface area contributed by atoms with Crippen LogP contribution in [0.5, 0.6) is 0 Å². The molecule has 0 saturated carbocycles. The summed E-state index contributed by atoms with van der Waals surface area (Å²) in [5.41, 5.74) is 0.208. The summed E-state index contributed by atoms with van der Waals surface area (Å²) in [6.07, 6.45) is 7.79. The number of nitrogens with zero attached hydrogens (tertiary/aromatic N) is 3. The maximum absolute atomic E-state index is 12.9. The fourth-order valence-electron chi connectivity index (χ4n) is 3.63. The highest BCUT2D eigenvalue weighted by atomic mass is 19.1. The van der Waals surface area contributed by atoms with Crippen LogP contribution in [0.2, 0.25) is 0 Å². The molecule has 1 amide bonds. The summed E-state index contributed by atoms with van der Waals surface area (Å²) in [4.78, 5) is 22.2. The Balaban J connectivity index is 1.40. The maximum Gasteiger partial charge on any atom is 0.257 e. The minimum Gasteiger partial charge on any atom is -0.472 e. The second kappa shape index (κ2) is 6.44. The van der Waals surface area contributed by atoms with Crippen LogP contribution in [0.1, 0.15) is 29.6 Å². The number of rotatable bonds is 3. The van der Waals surface area contributed by atoms with Gasteiger partial charge in [-0.25, -0.2) is 14.4 Å². The van der Waals surface area contributed by atoms with Crippen molar-refractivity contribution in [3.05, 3.63) is 42.4 Å². The Morgan fingerprint density at radius 1 is 1.40 bits per heavy atom. The van der Waals surface area contributed by atoms with E-state index in [4.69, 9.17) is 9.15 Å². The van der Waals surface area contributed by atoms with E-state index in [0.29, 0.717) is 31.2 Å². The summed E-state index contributed by atoms with van der Waals surface area (Å²) in [7, 11) is 0. The third-order valence-electron chi connectivity index (χ3n) is 4.76. The highest BCUT2D eigenvalue weighted by molar-refractivity contribution is 5.93. The SMILES string of the molecule is O=C(c1ccoc1)N1CCC[C@@]2(C[C@H](Nc3ncc(F)cn3)CO2)C1. The van der Waals surface area contributed by atoms with Crippen LogP contribution >= 0.6 is 0 Å². The van der Waals surface area contributed by atoms with E-state index in [1.807, 2.05) is 4.90 Å². The van der Waals surface area contributed by atoms with Gasteiger partial charge in [0.15, 0.2) is 5.82 Å². The number of carbonyl (C=O) groups excluding carboxylic acids is 1. The third-order valence-corrected chi connectivity index (χ3v) is 4.76. The zero-order chi connectivity index (χ0) is 17.3. The maximum atomic E-state index is 12.9. The number of hydrogen-bond acceptors (Lipinski definition) is 6. The highest BCUT2D eigenvalue weighted by Gasteiger charge is 2.44. The van der Waals surface area contributed by atoms with Crippen LogP contribution in [0.3, 0.4) is 0 Å². The van der Waals surface area contributed by atoms with Gasteiger partial charge in [0, 0.05) is 13.0 Å². The molecule has 0 aromatic carbocycles. The number of anilines is 1. The molecule has 4 rings (SSSR count). The van der Waals surface area contributed by atoms with Crippen molar-refractivity contribution in [2.75, 3.05) is 25.0 Å². The molecule has 2 atom stereocenters. The van der Waals surface area contributed by atoms with Crippen LogP contribution in [0.15, 0.2) is 35.4 Å². The van der Waals surface area contributed by atoms with E-state index in [0.717, 1.165) is 31.7 Å². The van der Waals surface area contributed by atoms with Crippen LogP contribution in [-0.4, -0.2) is 52.1 Å². The van der Waals surface area contributed by atoms with Gasteiger partial charge < -0.3 is 19.4 Å². The Hall–Kier alpha value is -2.48. The van der Waals surface area contributed by atoms with E-state index in [-0.39, 0.29) is 17.6 Å².